The fraction of sp³-hybridized carbons (Fsp3) is 0.125. The number of esters is 1. The van der Waals surface area contributed by atoms with Crippen LogP contribution in [0.2, 0.25) is 5.02 Å². The van der Waals surface area contributed by atoms with Gasteiger partial charge in [-0.2, -0.15) is 0 Å². The van der Waals surface area contributed by atoms with Crippen LogP contribution in [0.5, 0.6) is 5.75 Å². The minimum atomic E-state index is -0.719. The highest BCUT2D eigenvalue weighted by molar-refractivity contribution is 9.10. The molecule has 0 saturated carbocycles. The molecule has 1 fully saturated rings. The Morgan fingerprint density at radius 3 is 2.62 bits per heavy atom. The molecule has 1 aromatic heterocycles. The summed E-state index contributed by atoms with van der Waals surface area (Å²) in [5, 5.41) is 14.7. The summed E-state index contributed by atoms with van der Waals surface area (Å²) in [4.78, 5) is 48.8. The number of imide groups is 1. The van der Waals surface area contributed by atoms with Gasteiger partial charge in [0.05, 0.1) is 23.1 Å². The first-order valence-corrected chi connectivity index (χ1v) is 11.7. The number of nitro groups is 1. The highest BCUT2D eigenvalue weighted by Gasteiger charge is 2.34. The third kappa shape index (κ3) is 5.81. The topological polar surface area (TPSA) is 141 Å². The number of nitrogens with zero attached hydrogens (tertiary/aromatic N) is 2. The van der Waals surface area contributed by atoms with E-state index in [2.05, 4.69) is 26.0 Å². The van der Waals surface area contributed by atoms with Crippen LogP contribution in [0.25, 0.3) is 6.08 Å². The van der Waals surface area contributed by atoms with Crippen LogP contribution in [0.1, 0.15) is 27.4 Å². The van der Waals surface area contributed by atoms with Crippen molar-refractivity contribution in [2.24, 2.45) is 0 Å². The Hall–Kier alpha value is -4.16. The van der Waals surface area contributed by atoms with Gasteiger partial charge in [0.15, 0.2) is 0 Å². The van der Waals surface area contributed by atoms with Gasteiger partial charge in [-0.05, 0) is 63.5 Å². The van der Waals surface area contributed by atoms with Gasteiger partial charge in [-0.1, -0.05) is 23.7 Å². The first-order valence-electron chi connectivity index (χ1n) is 10.5. The molecule has 11 nitrogen and oxygen atoms in total. The number of carbonyl (C=O) groups is 3. The van der Waals surface area contributed by atoms with E-state index in [1.54, 1.807) is 24.3 Å². The van der Waals surface area contributed by atoms with Crippen molar-refractivity contribution in [3.63, 3.8) is 0 Å². The molecule has 0 radical (unpaired) electrons. The van der Waals surface area contributed by atoms with E-state index in [9.17, 15) is 24.5 Å². The van der Waals surface area contributed by atoms with Crippen LogP contribution < -0.4 is 10.1 Å². The fourth-order valence-electron chi connectivity index (χ4n) is 3.41. The maximum absolute atomic E-state index is 12.8. The van der Waals surface area contributed by atoms with Crippen LogP contribution in [-0.2, 0) is 22.7 Å². The maximum Gasteiger partial charge on any atom is 0.373 e. The Morgan fingerprint density at radius 2 is 1.95 bits per heavy atom. The SMILES string of the molecule is COC(=O)c1ccc(CN2C(=O)N/C(=C\c3cc(Br)c(OCc4ccc(Cl)cc4)c([N+](=O)[O-])c3)C2=O)o1. The zero-order chi connectivity index (χ0) is 26.7. The molecule has 1 saturated heterocycles. The van der Waals surface area contributed by atoms with Crippen LogP contribution in [0.4, 0.5) is 10.5 Å². The quantitative estimate of drug-likeness (QED) is 0.126. The monoisotopic (exact) mass is 589 g/mol. The van der Waals surface area contributed by atoms with Crippen LogP contribution in [0.3, 0.4) is 0 Å². The van der Waals surface area contributed by atoms with Gasteiger partial charge >= 0.3 is 17.7 Å². The van der Waals surface area contributed by atoms with Crippen molar-refractivity contribution in [2.75, 3.05) is 7.11 Å². The second kappa shape index (κ2) is 10.8. The molecule has 1 aliphatic heterocycles. The van der Waals surface area contributed by atoms with Crippen LogP contribution in [0.15, 0.2) is 63.1 Å². The van der Waals surface area contributed by atoms with E-state index in [1.165, 1.54) is 37.5 Å². The lowest BCUT2D eigenvalue weighted by atomic mass is 10.1. The van der Waals surface area contributed by atoms with E-state index >= 15 is 0 Å². The minimum Gasteiger partial charge on any atom is -0.481 e. The first-order chi connectivity index (χ1) is 17.7. The third-order valence-electron chi connectivity index (χ3n) is 5.17. The number of furan rings is 1. The summed E-state index contributed by atoms with van der Waals surface area (Å²) in [5.41, 5.74) is 0.593. The van der Waals surface area contributed by atoms with Crippen LogP contribution >= 0.6 is 27.5 Å². The Morgan fingerprint density at radius 1 is 1.22 bits per heavy atom. The zero-order valence-electron chi connectivity index (χ0n) is 19.0. The average Bonchev–Trinajstić information content (AvgIpc) is 3.44. The number of urea groups is 1. The molecule has 0 unspecified atom stereocenters. The summed E-state index contributed by atoms with van der Waals surface area (Å²) in [6.07, 6.45) is 1.31. The molecule has 190 valence electrons. The van der Waals surface area contributed by atoms with Crippen molar-refractivity contribution >= 4 is 57.2 Å². The molecule has 1 aliphatic rings. The minimum absolute atomic E-state index is 0.00439. The van der Waals surface area contributed by atoms with Gasteiger partial charge in [-0.15, -0.1) is 0 Å². The van der Waals surface area contributed by atoms with Gasteiger partial charge < -0.3 is 19.2 Å². The number of hydrogen-bond donors (Lipinski definition) is 1. The van der Waals surface area contributed by atoms with Gasteiger partial charge in [0.25, 0.3) is 5.91 Å². The van der Waals surface area contributed by atoms with E-state index < -0.39 is 22.8 Å². The van der Waals surface area contributed by atoms with E-state index in [4.69, 9.17) is 20.8 Å². The van der Waals surface area contributed by atoms with Gasteiger partial charge in [-0.25, -0.2) is 9.59 Å². The third-order valence-corrected chi connectivity index (χ3v) is 6.02. The lowest BCUT2D eigenvalue weighted by molar-refractivity contribution is -0.386. The lowest BCUT2D eigenvalue weighted by Gasteiger charge is -2.10. The van der Waals surface area contributed by atoms with E-state index in [1.807, 2.05) is 0 Å². The highest BCUT2D eigenvalue weighted by atomic mass is 79.9. The number of carbonyl (C=O) groups excluding carboxylic acids is 3. The summed E-state index contributed by atoms with van der Waals surface area (Å²) < 4.78 is 15.8. The summed E-state index contributed by atoms with van der Waals surface area (Å²) >= 11 is 9.17. The number of methoxy groups -OCH3 is 1. The van der Waals surface area contributed by atoms with Gasteiger partial charge in [-0.3, -0.25) is 19.8 Å². The number of nitro benzene ring substituents is 1. The summed E-state index contributed by atoms with van der Waals surface area (Å²) in [6, 6.07) is 11.7. The lowest BCUT2D eigenvalue weighted by Crippen LogP contribution is -2.30. The Kier molecular flexibility index (Phi) is 7.60. The van der Waals surface area contributed by atoms with Crippen LogP contribution in [0, 0.1) is 10.1 Å². The molecule has 0 bridgehead atoms. The Labute approximate surface area is 222 Å². The number of rotatable bonds is 8. The number of halogens is 2. The molecule has 4 rings (SSSR count). The highest BCUT2D eigenvalue weighted by Crippen LogP contribution is 2.37. The molecule has 0 aliphatic carbocycles. The van der Waals surface area contributed by atoms with Crippen molar-refractivity contribution in [3.8, 4) is 5.75 Å². The Bertz CT molecular complexity index is 1430. The molecule has 1 N–H and O–H groups in total. The smallest absolute Gasteiger partial charge is 0.373 e. The van der Waals surface area contributed by atoms with E-state index in [0.717, 1.165) is 10.5 Å². The zero-order valence-corrected chi connectivity index (χ0v) is 21.4. The maximum atomic E-state index is 12.8. The standard InChI is InChI=1S/C24H17BrClN3O8/c1-35-23(31)20-7-6-16(37-20)11-28-22(30)18(27-24(28)32)9-14-8-17(25)21(19(10-14)29(33)34)36-12-13-2-4-15(26)5-3-13/h2-10H,11-12H2,1H3,(H,27,32)/b18-9-. The average molecular weight is 591 g/mol. The predicted octanol–water partition coefficient (Wildman–Crippen LogP) is 5.06. The van der Waals surface area contributed by atoms with E-state index in [-0.39, 0.29) is 51.8 Å². The largest absolute Gasteiger partial charge is 0.481 e. The summed E-state index contributed by atoms with van der Waals surface area (Å²) in [7, 11) is 1.19. The van der Waals surface area contributed by atoms with Crippen molar-refractivity contribution in [1.82, 2.24) is 10.2 Å². The number of ether oxygens (including phenoxy) is 2. The van der Waals surface area contributed by atoms with Crippen LogP contribution in [-0.4, -0.2) is 34.8 Å². The first kappa shape index (κ1) is 25.9. The molecule has 37 heavy (non-hydrogen) atoms. The molecule has 13 heteroatoms. The van der Waals surface area contributed by atoms with Crippen molar-refractivity contribution < 1.29 is 33.2 Å². The summed E-state index contributed by atoms with van der Waals surface area (Å²) in [6.45, 7) is -0.175. The fourth-order valence-corrected chi connectivity index (χ4v) is 4.12. The van der Waals surface area contributed by atoms with Gasteiger partial charge in [0.2, 0.25) is 11.5 Å². The van der Waals surface area contributed by atoms with Gasteiger partial charge in [0, 0.05) is 11.1 Å². The normalized spacial score (nSPS) is 14.1. The predicted molar refractivity (Wildman–Crippen MR) is 134 cm³/mol. The molecule has 3 amide bonds. The number of hydrogen-bond acceptors (Lipinski definition) is 8. The molecule has 2 heterocycles. The molecule has 0 spiro atoms. The van der Waals surface area contributed by atoms with E-state index in [0.29, 0.717) is 5.02 Å². The second-order valence-electron chi connectivity index (χ2n) is 7.66. The Balaban J connectivity index is 1.54. The summed E-state index contributed by atoms with van der Waals surface area (Å²) in [5.74, 6) is -1.26. The molecular weight excluding hydrogens is 574 g/mol. The van der Waals surface area contributed by atoms with Crippen molar-refractivity contribution in [3.05, 3.63) is 96.5 Å². The van der Waals surface area contributed by atoms with Gasteiger partial charge in [0.1, 0.15) is 18.1 Å². The number of nitrogens with one attached hydrogen (secondary N) is 1. The molecule has 0 atom stereocenters. The van der Waals surface area contributed by atoms with Crippen molar-refractivity contribution in [1.29, 1.82) is 0 Å². The second-order valence-corrected chi connectivity index (χ2v) is 8.95. The molecular formula is C24H17BrClN3O8. The number of amides is 3. The molecule has 3 aromatic rings. The van der Waals surface area contributed by atoms with Crippen molar-refractivity contribution in [2.45, 2.75) is 13.2 Å². The number of benzene rings is 2. The molecule has 2 aromatic carbocycles.